The number of phenols is 1. The summed E-state index contributed by atoms with van der Waals surface area (Å²) in [6, 6.07) is 7.58. The summed E-state index contributed by atoms with van der Waals surface area (Å²) in [5.74, 6) is 0.371. The van der Waals surface area contributed by atoms with Crippen molar-refractivity contribution in [1.29, 1.82) is 0 Å². The van der Waals surface area contributed by atoms with Crippen molar-refractivity contribution < 1.29 is 5.11 Å². The van der Waals surface area contributed by atoms with E-state index in [-0.39, 0.29) is 0 Å². The zero-order chi connectivity index (χ0) is 13.7. The molecule has 102 valence electrons. The van der Waals surface area contributed by atoms with Gasteiger partial charge in [0, 0.05) is 23.7 Å². The van der Waals surface area contributed by atoms with Crippen LogP contribution in [0.2, 0.25) is 0 Å². The molecule has 0 aliphatic carbocycles. The van der Waals surface area contributed by atoms with Crippen LogP contribution in [0.5, 0.6) is 5.75 Å². The molecule has 19 heavy (non-hydrogen) atoms. The Morgan fingerprint density at radius 1 is 1.21 bits per heavy atom. The molecular formula is C16H22N2O. The van der Waals surface area contributed by atoms with Gasteiger partial charge in [-0.05, 0) is 37.7 Å². The topological polar surface area (TPSA) is 36.4 Å². The fraction of sp³-hybridized carbons (Fsp3) is 0.438. The van der Waals surface area contributed by atoms with Gasteiger partial charge in [-0.1, -0.05) is 26.3 Å². The second-order valence-electron chi connectivity index (χ2n) is 4.86. The van der Waals surface area contributed by atoms with Crippen molar-refractivity contribution >= 4 is 10.9 Å². The second kappa shape index (κ2) is 6.53. The second-order valence-corrected chi connectivity index (χ2v) is 4.86. The highest BCUT2D eigenvalue weighted by molar-refractivity contribution is 5.84. The van der Waals surface area contributed by atoms with Gasteiger partial charge in [0.25, 0.3) is 0 Å². The van der Waals surface area contributed by atoms with Gasteiger partial charge < -0.3 is 5.11 Å². The predicted molar refractivity (Wildman–Crippen MR) is 79.3 cm³/mol. The molecule has 3 nitrogen and oxygen atoms in total. The van der Waals surface area contributed by atoms with E-state index < -0.39 is 0 Å². The Kier molecular flexibility index (Phi) is 4.74. The predicted octanol–water partition coefficient (Wildman–Crippen LogP) is 3.56. The highest BCUT2D eigenvalue weighted by Crippen LogP contribution is 2.27. The Balaban J connectivity index is 2.30. The lowest BCUT2D eigenvalue weighted by atomic mass is 10.1. The Bertz CT molecular complexity index is 539. The summed E-state index contributed by atoms with van der Waals surface area (Å²) >= 11 is 0. The summed E-state index contributed by atoms with van der Waals surface area (Å²) in [6.07, 6.45) is 4.18. The molecule has 0 fully saturated rings. The van der Waals surface area contributed by atoms with Crippen molar-refractivity contribution in [3.63, 3.8) is 0 Å². The fourth-order valence-corrected chi connectivity index (χ4v) is 2.32. The summed E-state index contributed by atoms with van der Waals surface area (Å²) < 4.78 is 0. The van der Waals surface area contributed by atoms with Crippen LogP contribution in [0.3, 0.4) is 0 Å². The van der Waals surface area contributed by atoms with E-state index in [0.29, 0.717) is 5.75 Å². The fourth-order valence-electron chi connectivity index (χ4n) is 2.32. The quantitative estimate of drug-likeness (QED) is 0.860. The highest BCUT2D eigenvalue weighted by atomic mass is 16.3. The Labute approximate surface area is 114 Å². The molecule has 1 aromatic carbocycles. The van der Waals surface area contributed by atoms with Crippen LogP contribution in [0.25, 0.3) is 10.9 Å². The lowest BCUT2D eigenvalue weighted by Gasteiger charge is -2.21. The number of aromatic nitrogens is 1. The number of rotatable bonds is 6. The lowest BCUT2D eigenvalue weighted by molar-refractivity contribution is 0.272. The third-order valence-electron chi connectivity index (χ3n) is 3.53. The summed E-state index contributed by atoms with van der Waals surface area (Å²) in [5.41, 5.74) is 1.94. The van der Waals surface area contributed by atoms with Crippen molar-refractivity contribution in [3.05, 3.63) is 36.0 Å². The van der Waals surface area contributed by atoms with Crippen LogP contribution in [0.4, 0.5) is 0 Å². The number of benzene rings is 1. The Hall–Kier alpha value is -1.61. The van der Waals surface area contributed by atoms with E-state index in [1.54, 1.807) is 12.3 Å². The molecule has 2 rings (SSSR count). The normalized spacial score (nSPS) is 11.3. The highest BCUT2D eigenvalue weighted by Gasteiger charge is 2.11. The van der Waals surface area contributed by atoms with Crippen molar-refractivity contribution in [2.75, 3.05) is 13.1 Å². The van der Waals surface area contributed by atoms with Crippen molar-refractivity contribution in [2.24, 2.45) is 0 Å². The minimum absolute atomic E-state index is 0.371. The zero-order valence-corrected chi connectivity index (χ0v) is 11.8. The van der Waals surface area contributed by atoms with Gasteiger partial charge in [0.1, 0.15) is 5.75 Å². The first kappa shape index (κ1) is 13.8. The molecule has 1 aromatic heterocycles. The number of hydrogen-bond donors (Lipinski definition) is 1. The first-order valence-electron chi connectivity index (χ1n) is 7.04. The summed E-state index contributed by atoms with van der Waals surface area (Å²) in [7, 11) is 0. The number of fused-ring (bicyclic) bond motifs is 1. The van der Waals surface area contributed by atoms with Gasteiger partial charge in [-0.25, -0.2) is 0 Å². The monoisotopic (exact) mass is 258 g/mol. The number of phenolic OH excluding ortho intramolecular Hbond substituents is 1. The van der Waals surface area contributed by atoms with Gasteiger partial charge in [-0.3, -0.25) is 9.88 Å². The van der Waals surface area contributed by atoms with Crippen LogP contribution in [0, 0.1) is 0 Å². The maximum Gasteiger partial charge on any atom is 0.120 e. The minimum Gasteiger partial charge on any atom is -0.508 e. The third kappa shape index (κ3) is 3.24. The molecule has 0 atom stereocenters. The van der Waals surface area contributed by atoms with Gasteiger partial charge in [-0.15, -0.1) is 0 Å². The van der Waals surface area contributed by atoms with Crippen molar-refractivity contribution in [2.45, 2.75) is 33.2 Å². The molecular weight excluding hydrogens is 236 g/mol. The number of unbranched alkanes of at least 4 members (excludes halogenated alkanes) is 1. The molecule has 2 aromatic rings. The first-order chi connectivity index (χ1) is 9.26. The number of aromatic hydroxyl groups is 1. The summed E-state index contributed by atoms with van der Waals surface area (Å²) in [5, 5.41) is 11.2. The molecule has 0 spiro atoms. The standard InChI is InChI=1S/C16H22N2O/c1-3-5-11-18(4-2)12-14-13-7-6-10-17-15(13)8-9-16(14)19/h6-10,19H,3-5,11-12H2,1-2H3. The number of nitrogens with zero attached hydrogens (tertiary/aromatic N) is 2. The zero-order valence-electron chi connectivity index (χ0n) is 11.8. The molecule has 0 saturated heterocycles. The van der Waals surface area contributed by atoms with E-state index in [2.05, 4.69) is 23.7 Å². The molecule has 0 radical (unpaired) electrons. The van der Waals surface area contributed by atoms with E-state index in [1.165, 1.54) is 12.8 Å². The van der Waals surface area contributed by atoms with Crippen LogP contribution in [-0.2, 0) is 6.54 Å². The van der Waals surface area contributed by atoms with E-state index in [9.17, 15) is 5.11 Å². The smallest absolute Gasteiger partial charge is 0.120 e. The van der Waals surface area contributed by atoms with Crippen LogP contribution in [0.15, 0.2) is 30.5 Å². The average molecular weight is 258 g/mol. The van der Waals surface area contributed by atoms with E-state index in [0.717, 1.165) is 36.1 Å². The van der Waals surface area contributed by atoms with Gasteiger partial charge in [0.05, 0.1) is 5.52 Å². The molecule has 3 heteroatoms. The first-order valence-corrected chi connectivity index (χ1v) is 7.04. The van der Waals surface area contributed by atoms with Crippen molar-refractivity contribution in [1.82, 2.24) is 9.88 Å². The molecule has 0 aliphatic rings. The summed E-state index contributed by atoms with van der Waals surface area (Å²) in [4.78, 5) is 6.71. The third-order valence-corrected chi connectivity index (χ3v) is 3.53. The molecule has 0 amide bonds. The largest absolute Gasteiger partial charge is 0.508 e. The molecule has 0 bridgehead atoms. The van der Waals surface area contributed by atoms with Gasteiger partial charge in [-0.2, -0.15) is 0 Å². The average Bonchev–Trinajstić information content (AvgIpc) is 2.45. The van der Waals surface area contributed by atoms with Gasteiger partial charge in [0.15, 0.2) is 0 Å². The number of pyridine rings is 1. The van der Waals surface area contributed by atoms with Gasteiger partial charge >= 0.3 is 0 Å². The lowest BCUT2D eigenvalue weighted by Crippen LogP contribution is -2.24. The Morgan fingerprint density at radius 2 is 2.05 bits per heavy atom. The van der Waals surface area contributed by atoms with Crippen LogP contribution < -0.4 is 0 Å². The molecule has 0 unspecified atom stereocenters. The van der Waals surface area contributed by atoms with Crippen LogP contribution in [0.1, 0.15) is 32.3 Å². The van der Waals surface area contributed by atoms with E-state index in [1.807, 2.05) is 18.2 Å². The number of hydrogen-bond acceptors (Lipinski definition) is 3. The molecule has 0 aliphatic heterocycles. The minimum atomic E-state index is 0.371. The Morgan fingerprint density at radius 3 is 2.79 bits per heavy atom. The van der Waals surface area contributed by atoms with E-state index in [4.69, 9.17) is 0 Å². The maximum absolute atomic E-state index is 10.1. The molecule has 1 N–H and O–H groups in total. The molecule has 1 heterocycles. The maximum atomic E-state index is 10.1. The van der Waals surface area contributed by atoms with E-state index >= 15 is 0 Å². The van der Waals surface area contributed by atoms with Crippen LogP contribution >= 0.6 is 0 Å². The SMILES string of the molecule is CCCCN(CC)Cc1c(O)ccc2ncccc12. The summed E-state index contributed by atoms with van der Waals surface area (Å²) in [6.45, 7) is 7.22. The van der Waals surface area contributed by atoms with Crippen LogP contribution in [-0.4, -0.2) is 28.1 Å². The van der Waals surface area contributed by atoms with Gasteiger partial charge in [0.2, 0.25) is 0 Å². The molecule has 0 saturated carbocycles. The van der Waals surface area contributed by atoms with Crippen molar-refractivity contribution in [3.8, 4) is 5.75 Å².